The first kappa shape index (κ1) is 11.5. The number of nitrogens with zero attached hydrogens (tertiary/aromatic N) is 1. The zero-order valence-electron chi connectivity index (χ0n) is 8.86. The number of fused-ring (bicyclic) bond motifs is 1. The summed E-state index contributed by atoms with van der Waals surface area (Å²) in [5, 5.41) is 1.89. The van der Waals surface area contributed by atoms with E-state index in [0.29, 0.717) is 17.9 Å². The van der Waals surface area contributed by atoms with Gasteiger partial charge in [0.25, 0.3) is 5.56 Å². The summed E-state index contributed by atoms with van der Waals surface area (Å²) in [6.07, 6.45) is 0.783. The van der Waals surface area contributed by atoms with E-state index in [1.807, 2.05) is 11.4 Å². The van der Waals surface area contributed by atoms with Crippen molar-refractivity contribution in [2.24, 2.45) is 0 Å². The van der Waals surface area contributed by atoms with Gasteiger partial charge < -0.3 is 9.72 Å². The minimum atomic E-state index is -0.00940. The molecule has 4 nitrogen and oxygen atoms in total. The largest absolute Gasteiger partial charge is 0.385 e. The highest BCUT2D eigenvalue weighted by Crippen LogP contribution is 2.13. The molecule has 0 spiro atoms. The molecule has 0 atom stereocenters. The molecular weight excluding hydrogens is 244 g/mol. The summed E-state index contributed by atoms with van der Waals surface area (Å²) in [5.41, 5.74) is 0.813. The minimum absolute atomic E-state index is 0.00940. The maximum atomic E-state index is 12.1. The fraction of sp³-hybridized carbons (Fsp3) is 0.400. The van der Waals surface area contributed by atoms with E-state index >= 15 is 0 Å². The first-order valence-electron chi connectivity index (χ1n) is 4.93. The predicted octanol–water partition coefficient (Wildman–Crippen LogP) is 2.16. The van der Waals surface area contributed by atoms with Crippen molar-refractivity contribution in [3.63, 3.8) is 0 Å². The molecule has 86 valence electrons. The first-order valence-corrected chi connectivity index (χ1v) is 6.22. The van der Waals surface area contributed by atoms with E-state index in [9.17, 15) is 4.79 Å². The molecule has 2 heterocycles. The van der Waals surface area contributed by atoms with Crippen LogP contribution in [0.15, 0.2) is 16.2 Å². The van der Waals surface area contributed by atoms with Gasteiger partial charge in [-0.2, -0.15) is 0 Å². The Kier molecular flexibility index (Phi) is 3.52. The molecule has 16 heavy (non-hydrogen) atoms. The summed E-state index contributed by atoms with van der Waals surface area (Å²) in [7, 11) is 1.64. The highest BCUT2D eigenvalue weighted by Gasteiger charge is 2.05. The van der Waals surface area contributed by atoms with Crippen LogP contribution < -0.4 is 5.56 Å². The second kappa shape index (κ2) is 4.90. The molecule has 6 heteroatoms. The van der Waals surface area contributed by atoms with E-state index in [1.54, 1.807) is 11.7 Å². The van der Waals surface area contributed by atoms with E-state index in [4.69, 9.17) is 17.0 Å². The van der Waals surface area contributed by atoms with Crippen molar-refractivity contribution in [3.05, 3.63) is 26.6 Å². The van der Waals surface area contributed by atoms with Gasteiger partial charge in [-0.3, -0.25) is 9.36 Å². The quantitative estimate of drug-likeness (QED) is 0.673. The lowest BCUT2D eigenvalue weighted by atomic mass is 10.4. The Hall–Kier alpha value is -0.980. The van der Waals surface area contributed by atoms with Crippen LogP contribution in [0.1, 0.15) is 6.42 Å². The van der Waals surface area contributed by atoms with Crippen LogP contribution in [0, 0.1) is 4.77 Å². The third-order valence-electron chi connectivity index (χ3n) is 2.32. The normalized spacial score (nSPS) is 11.1. The second-order valence-electron chi connectivity index (χ2n) is 3.40. The number of aromatic nitrogens is 2. The van der Waals surface area contributed by atoms with E-state index in [0.717, 1.165) is 16.6 Å². The lowest BCUT2D eigenvalue weighted by molar-refractivity contribution is 0.190. The molecule has 1 N–H and O–H groups in total. The number of hydrogen-bond donors (Lipinski definition) is 1. The molecule has 0 fully saturated rings. The molecule has 2 aromatic rings. The number of aromatic amines is 1. The average molecular weight is 256 g/mol. The Morgan fingerprint density at radius 1 is 1.62 bits per heavy atom. The number of hydrogen-bond acceptors (Lipinski definition) is 4. The summed E-state index contributed by atoms with van der Waals surface area (Å²) in [6.45, 7) is 1.22. The topological polar surface area (TPSA) is 47.0 Å². The van der Waals surface area contributed by atoms with Gasteiger partial charge in [0.15, 0.2) is 4.77 Å². The number of methoxy groups -OCH3 is 1. The molecule has 0 aliphatic rings. The lowest BCUT2D eigenvalue weighted by Gasteiger charge is -2.05. The zero-order valence-corrected chi connectivity index (χ0v) is 10.5. The van der Waals surface area contributed by atoms with Crippen LogP contribution in [-0.2, 0) is 11.3 Å². The van der Waals surface area contributed by atoms with Crippen LogP contribution in [0.5, 0.6) is 0 Å². The minimum Gasteiger partial charge on any atom is -0.385 e. The molecule has 2 aromatic heterocycles. The van der Waals surface area contributed by atoms with Crippen LogP contribution in [0.3, 0.4) is 0 Å². The van der Waals surface area contributed by atoms with Gasteiger partial charge >= 0.3 is 0 Å². The molecule has 0 amide bonds. The summed E-state index contributed by atoms with van der Waals surface area (Å²) in [6, 6.07) is 1.87. The molecule has 0 unspecified atom stereocenters. The number of H-pyrrole nitrogens is 1. The molecular formula is C10H12N2O2S2. The lowest BCUT2D eigenvalue weighted by Crippen LogP contribution is -2.21. The SMILES string of the molecule is COCCCn1c(=S)[nH]c2ccsc2c1=O. The van der Waals surface area contributed by atoms with Crippen molar-refractivity contribution in [3.8, 4) is 0 Å². The highest BCUT2D eigenvalue weighted by atomic mass is 32.1. The Labute approximate surface area is 101 Å². The first-order chi connectivity index (χ1) is 7.74. The predicted molar refractivity (Wildman–Crippen MR) is 67.8 cm³/mol. The van der Waals surface area contributed by atoms with Gasteiger partial charge in [0.1, 0.15) is 4.70 Å². The number of nitrogens with one attached hydrogen (secondary N) is 1. The third-order valence-corrected chi connectivity index (χ3v) is 3.55. The Morgan fingerprint density at radius 3 is 3.19 bits per heavy atom. The van der Waals surface area contributed by atoms with Gasteiger partial charge in [-0.15, -0.1) is 11.3 Å². The van der Waals surface area contributed by atoms with Gasteiger partial charge in [-0.25, -0.2) is 0 Å². The maximum absolute atomic E-state index is 12.1. The molecule has 2 rings (SSSR count). The highest BCUT2D eigenvalue weighted by molar-refractivity contribution is 7.71. The zero-order chi connectivity index (χ0) is 11.5. The Morgan fingerprint density at radius 2 is 2.44 bits per heavy atom. The Balaban J connectivity index is 2.44. The van der Waals surface area contributed by atoms with Crippen molar-refractivity contribution in [2.75, 3.05) is 13.7 Å². The van der Waals surface area contributed by atoms with Crippen molar-refractivity contribution in [1.29, 1.82) is 0 Å². The average Bonchev–Trinajstić information content (AvgIpc) is 2.71. The van der Waals surface area contributed by atoms with E-state index in [-0.39, 0.29) is 5.56 Å². The van der Waals surface area contributed by atoms with E-state index in [2.05, 4.69) is 4.98 Å². The maximum Gasteiger partial charge on any atom is 0.272 e. The summed E-state index contributed by atoms with van der Waals surface area (Å²) in [5.74, 6) is 0. The molecule has 0 aliphatic carbocycles. The molecule has 0 aromatic carbocycles. The smallest absolute Gasteiger partial charge is 0.272 e. The van der Waals surface area contributed by atoms with Crippen LogP contribution in [0.25, 0.3) is 10.2 Å². The van der Waals surface area contributed by atoms with Gasteiger partial charge in [-0.05, 0) is 30.1 Å². The van der Waals surface area contributed by atoms with Crippen LogP contribution in [0.2, 0.25) is 0 Å². The monoisotopic (exact) mass is 256 g/mol. The second-order valence-corrected chi connectivity index (χ2v) is 4.70. The summed E-state index contributed by atoms with van der Waals surface area (Å²) < 4.78 is 7.76. The molecule has 0 aliphatic heterocycles. The summed E-state index contributed by atoms with van der Waals surface area (Å²) in [4.78, 5) is 15.1. The van der Waals surface area contributed by atoms with Crippen LogP contribution in [0.4, 0.5) is 0 Å². The van der Waals surface area contributed by atoms with Gasteiger partial charge in [0, 0.05) is 20.3 Å². The van der Waals surface area contributed by atoms with Gasteiger partial charge in [0.05, 0.1) is 5.52 Å². The molecule has 0 radical (unpaired) electrons. The van der Waals surface area contributed by atoms with Crippen LogP contribution >= 0.6 is 23.6 Å². The molecule has 0 saturated carbocycles. The van der Waals surface area contributed by atoms with Gasteiger partial charge in [0.2, 0.25) is 0 Å². The third kappa shape index (κ3) is 2.09. The fourth-order valence-corrected chi connectivity index (χ4v) is 2.62. The number of thiophene rings is 1. The Bertz CT molecular complexity index is 597. The number of rotatable bonds is 4. The van der Waals surface area contributed by atoms with Crippen molar-refractivity contribution >= 4 is 33.8 Å². The summed E-state index contributed by atoms with van der Waals surface area (Å²) >= 11 is 6.59. The van der Waals surface area contributed by atoms with Crippen molar-refractivity contribution < 1.29 is 4.74 Å². The van der Waals surface area contributed by atoms with E-state index < -0.39 is 0 Å². The van der Waals surface area contributed by atoms with E-state index in [1.165, 1.54) is 11.3 Å². The van der Waals surface area contributed by atoms with Crippen LogP contribution in [-0.4, -0.2) is 23.3 Å². The number of ether oxygens (including phenoxy) is 1. The molecule has 0 saturated heterocycles. The van der Waals surface area contributed by atoms with Gasteiger partial charge in [-0.1, -0.05) is 0 Å². The van der Waals surface area contributed by atoms with Crippen molar-refractivity contribution in [1.82, 2.24) is 9.55 Å². The fourth-order valence-electron chi connectivity index (χ4n) is 1.54. The molecule has 0 bridgehead atoms. The standard InChI is InChI=1S/C10H12N2O2S2/c1-14-5-2-4-12-9(13)8-7(3-6-16-8)11-10(12)15/h3,6H,2,4-5H2,1H3,(H,11,15). The van der Waals surface area contributed by atoms with Crippen molar-refractivity contribution in [2.45, 2.75) is 13.0 Å².